The molecule has 0 fully saturated rings. The molecule has 7 heteroatoms. The standard InChI is InChI=1S/C11H12IN3O2S/c1-7-5-9(12)3-4-10(7)15-18(16,17)11-6-13-14-8(11)2/h3-6,15H,1-2H3,(H,13,14). The molecule has 1 aromatic heterocycles. The second-order valence-corrected chi connectivity index (χ2v) is 6.82. The fourth-order valence-electron chi connectivity index (χ4n) is 1.55. The van der Waals surface area contributed by atoms with E-state index in [0.29, 0.717) is 11.4 Å². The van der Waals surface area contributed by atoms with Gasteiger partial charge in [0.1, 0.15) is 4.90 Å². The van der Waals surface area contributed by atoms with Crippen molar-refractivity contribution in [2.75, 3.05) is 4.72 Å². The molecule has 0 radical (unpaired) electrons. The SMILES string of the molecule is Cc1cc(I)ccc1NS(=O)(=O)c1cn[nH]c1C. The molecule has 0 aliphatic heterocycles. The quantitative estimate of drug-likeness (QED) is 0.807. The molecular weight excluding hydrogens is 365 g/mol. The van der Waals surface area contributed by atoms with Gasteiger partial charge in [-0.2, -0.15) is 5.10 Å². The number of benzene rings is 1. The van der Waals surface area contributed by atoms with Crippen LogP contribution in [0.2, 0.25) is 0 Å². The zero-order valence-corrected chi connectivity index (χ0v) is 12.8. The Morgan fingerprint density at radius 3 is 2.61 bits per heavy atom. The zero-order valence-electron chi connectivity index (χ0n) is 9.86. The van der Waals surface area contributed by atoms with Gasteiger partial charge in [0, 0.05) is 3.57 Å². The Hall–Kier alpha value is -1.09. The highest BCUT2D eigenvalue weighted by Gasteiger charge is 2.19. The Bertz CT molecular complexity index is 679. The molecule has 0 aliphatic carbocycles. The molecule has 2 N–H and O–H groups in total. The number of aromatic amines is 1. The van der Waals surface area contributed by atoms with Crippen molar-refractivity contribution in [3.05, 3.63) is 39.2 Å². The van der Waals surface area contributed by atoms with E-state index in [2.05, 4.69) is 37.5 Å². The number of hydrogen-bond donors (Lipinski definition) is 2. The number of anilines is 1. The van der Waals surface area contributed by atoms with Crippen LogP contribution in [0.15, 0.2) is 29.3 Å². The number of hydrogen-bond acceptors (Lipinski definition) is 3. The second kappa shape index (κ2) is 4.88. The van der Waals surface area contributed by atoms with Gasteiger partial charge >= 0.3 is 0 Å². The molecule has 0 amide bonds. The lowest BCUT2D eigenvalue weighted by Crippen LogP contribution is -2.14. The summed E-state index contributed by atoms with van der Waals surface area (Å²) in [4.78, 5) is 0.167. The first-order valence-electron chi connectivity index (χ1n) is 5.19. The highest BCUT2D eigenvalue weighted by molar-refractivity contribution is 14.1. The number of aryl methyl sites for hydroxylation is 2. The normalized spacial score (nSPS) is 11.5. The lowest BCUT2D eigenvalue weighted by atomic mass is 10.2. The molecule has 0 atom stereocenters. The fraction of sp³-hybridized carbons (Fsp3) is 0.182. The molecule has 0 saturated carbocycles. The minimum Gasteiger partial charge on any atom is -0.281 e. The highest BCUT2D eigenvalue weighted by atomic mass is 127. The van der Waals surface area contributed by atoms with E-state index >= 15 is 0 Å². The Morgan fingerprint density at radius 2 is 2.06 bits per heavy atom. The zero-order chi connectivity index (χ0) is 13.3. The van der Waals surface area contributed by atoms with Crippen molar-refractivity contribution in [1.82, 2.24) is 10.2 Å². The van der Waals surface area contributed by atoms with Crippen LogP contribution in [0, 0.1) is 17.4 Å². The number of rotatable bonds is 3. The number of halogens is 1. The summed E-state index contributed by atoms with van der Waals surface area (Å²) in [5.41, 5.74) is 1.98. The van der Waals surface area contributed by atoms with Gasteiger partial charge in [0.15, 0.2) is 0 Å². The molecule has 1 heterocycles. The maximum atomic E-state index is 12.1. The average molecular weight is 377 g/mol. The maximum absolute atomic E-state index is 12.1. The molecule has 96 valence electrons. The number of H-pyrrole nitrogens is 1. The van der Waals surface area contributed by atoms with Crippen LogP contribution >= 0.6 is 22.6 Å². The van der Waals surface area contributed by atoms with Crippen molar-refractivity contribution in [2.24, 2.45) is 0 Å². The van der Waals surface area contributed by atoms with E-state index in [1.807, 2.05) is 19.1 Å². The van der Waals surface area contributed by atoms with Gasteiger partial charge in [0.25, 0.3) is 10.0 Å². The Morgan fingerprint density at radius 1 is 1.33 bits per heavy atom. The van der Waals surface area contributed by atoms with Gasteiger partial charge in [-0.15, -0.1) is 0 Å². The van der Waals surface area contributed by atoms with Crippen LogP contribution in [0.5, 0.6) is 0 Å². The molecule has 1 aromatic carbocycles. The number of nitrogens with zero attached hydrogens (tertiary/aromatic N) is 1. The predicted octanol–water partition coefficient (Wildman–Crippen LogP) is 2.43. The van der Waals surface area contributed by atoms with Gasteiger partial charge < -0.3 is 0 Å². The third-order valence-corrected chi connectivity index (χ3v) is 4.66. The maximum Gasteiger partial charge on any atom is 0.265 e. The van der Waals surface area contributed by atoms with Crippen molar-refractivity contribution >= 4 is 38.3 Å². The molecule has 2 aromatic rings. The number of aromatic nitrogens is 2. The van der Waals surface area contributed by atoms with Gasteiger partial charge in [0.05, 0.1) is 17.6 Å². The van der Waals surface area contributed by atoms with E-state index in [9.17, 15) is 8.42 Å². The van der Waals surface area contributed by atoms with E-state index in [1.54, 1.807) is 13.0 Å². The Labute approximate surface area is 119 Å². The van der Waals surface area contributed by atoms with Crippen LogP contribution in [-0.4, -0.2) is 18.6 Å². The summed E-state index contributed by atoms with van der Waals surface area (Å²) >= 11 is 2.18. The van der Waals surface area contributed by atoms with Crippen molar-refractivity contribution in [2.45, 2.75) is 18.7 Å². The molecular formula is C11H12IN3O2S. The van der Waals surface area contributed by atoms with E-state index in [4.69, 9.17) is 0 Å². The smallest absolute Gasteiger partial charge is 0.265 e. The van der Waals surface area contributed by atoms with Gasteiger partial charge in [-0.1, -0.05) is 0 Å². The van der Waals surface area contributed by atoms with E-state index in [1.165, 1.54) is 6.20 Å². The summed E-state index contributed by atoms with van der Waals surface area (Å²) in [5, 5.41) is 6.33. The first-order chi connectivity index (χ1) is 8.40. The summed E-state index contributed by atoms with van der Waals surface area (Å²) in [6.07, 6.45) is 1.31. The van der Waals surface area contributed by atoms with Crippen LogP contribution < -0.4 is 4.72 Å². The lowest BCUT2D eigenvalue weighted by molar-refractivity contribution is 0.600. The van der Waals surface area contributed by atoms with Crippen molar-refractivity contribution in [1.29, 1.82) is 0 Å². The molecule has 0 aliphatic rings. The third-order valence-electron chi connectivity index (χ3n) is 2.51. The van der Waals surface area contributed by atoms with Gasteiger partial charge in [-0.25, -0.2) is 8.42 Å². The first kappa shape index (κ1) is 13.3. The van der Waals surface area contributed by atoms with Gasteiger partial charge in [0.2, 0.25) is 0 Å². The van der Waals surface area contributed by atoms with Crippen LogP contribution in [0.1, 0.15) is 11.3 Å². The summed E-state index contributed by atoms with van der Waals surface area (Å²) in [6.45, 7) is 3.53. The third kappa shape index (κ3) is 2.66. The predicted molar refractivity (Wildman–Crippen MR) is 78.0 cm³/mol. The van der Waals surface area contributed by atoms with Gasteiger partial charge in [-0.05, 0) is 60.2 Å². The highest BCUT2D eigenvalue weighted by Crippen LogP contribution is 2.22. The van der Waals surface area contributed by atoms with Crippen molar-refractivity contribution < 1.29 is 8.42 Å². The first-order valence-corrected chi connectivity index (χ1v) is 7.75. The van der Waals surface area contributed by atoms with Crippen molar-refractivity contribution in [3.63, 3.8) is 0 Å². The summed E-state index contributed by atoms with van der Waals surface area (Å²) in [5.74, 6) is 0. The Balaban J connectivity index is 2.37. The molecule has 5 nitrogen and oxygen atoms in total. The molecule has 2 rings (SSSR count). The largest absolute Gasteiger partial charge is 0.281 e. The number of nitrogens with one attached hydrogen (secondary N) is 2. The average Bonchev–Trinajstić information content (AvgIpc) is 2.69. The minimum absolute atomic E-state index is 0.167. The summed E-state index contributed by atoms with van der Waals surface area (Å²) in [6, 6.07) is 5.53. The molecule has 0 spiro atoms. The van der Waals surface area contributed by atoms with E-state index in [0.717, 1.165) is 9.13 Å². The molecule has 0 bridgehead atoms. The van der Waals surface area contributed by atoms with Crippen LogP contribution in [0.4, 0.5) is 5.69 Å². The minimum atomic E-state index is -3.58. The number of sulfonamides is 1. The second-order valence-electron chi connectivity index (χ2n) is 3.92. The fourth-order valence-corrected chi connectivity index (χ4v) is 3.47. The van der Waals surface area contributed by atoms with Crippen LogP contribution in [0.3, 0.4) is 0 Å². The Kier molecular flexibility index (Phi) is 3.62. The van der Waals surface area contributed by atoms with E-state index in [-0.39, 0.29) is 4.90 Å². The van der Waals surface area contributed by atoms with Crippen LogP contribution in [0.25, 0.3) is 0 Å². The van der Waals surface area contributed by atoms with Gasteiger partial charge in [-0.3, -0.25) is 9.82 Å². The summed E-state index contributed by atoms with van der Waals surface area (Å²) < 4.78 is 27.9. The molecule has 0 saturated heterocycles. The monoisotopic (exact) mass is 377 g/mol. The molecule has 0 unspecified atom stereocenters. The topological polar surface area (TPSA) is 74.8 Å². The van der Waals surface area contributed by atoms with E-state index < -0.39 is 10.0 Å². The lowest BCUT2D eigenvalue weighted by Gasteiger charge is -2.10. The van der Waals surface area contributed by atoms with Crippen LogP contribution in [-0.2, 0) is 10.0 Å². The van der Waals surface area contributed by atoms with Crippen molar-refractivity contribution in [3.8, 4) is 0 Å². The molecule has 18 heavy (non-hydrogen) atoms. The summed E-state index contributed by atoms with van der Waals surface area (Å²) in [7, 11) is -3.58.